The zero-order valence-corrected chi connectivity index (χ0v) is 16.3. The molecule has 0 bridgehead atoms. The number of aliphatic hydroxyl groups is 2. The van der Waals surface area contributed by atoms with E-state index in [-0.39, 0.29) is 6.61 Å². The van der Waals surface area contributed by atoms with Crippen LogP contribution in [0.5, 0.6) is 0 Å². The highest BCUT2D eigenvalue weighted by Gasteiger charge is 2.48. The number of hydrogen-bond acceptors (Lipinski definition) is 6. The normalized spacial score (nSPS) is 31.2. The molecule has 8 heteroatoms. The van der Waals surface area contributed by atoms with Gasteiger partial charge in [0.2, 0.25) is 0 Å². The van der Waals surface area contributed by atoms with Crippen LogP contribution < -0.4 is 0 Å². The summed E-state index contributed by atoms with van der Waals surface area (Å²) in [6.07, 6.45) is -4.78. The second-order valence-corrected chi connectivity index (χ2v) is 7.48. The number of rotatable bonds is 4. The van der Waals surface area contributed by atoms with E-state index in [1.54, 1.807) is 24.3 Å². The maximum atomic E-state index is 10.4. The van der Waals surface area contributed by atoms with Gasteiger partial charge in [-0.3, -0.25) is 0 Å². The molecular formula is C20H20Cl2O6. The fourth-order valence-corrected chi connectivity index (χ4v) is 3.87. The van der Waals surface area contributed by atoms with Gasteiger partial charge in [0.15, 0.2) is 12.6 Å². The van der Waals surface area contributed by atoms with Crippen molar-refractivity contribution in [3.8, 4) is 0 Å². The molecule has 0 radical (unpaired) electrons. The van der Waals surface area contributed by atoms with Crippen LogP contribution in [0.1, 0.15) is 23.7 Å². The molecule has 0 aliphatic carbocycles. The first kappa shape index (κ1) is 20.1. The van der Waals surface area contributed by atoms with Crippen molar-refractivity contribution in [3.05, 3.63) is 69.7 Å². The van der Waals surface area contributed by atoms with Crippen molar-refractivity contribution >= 4 is 23.2 Å². The summed E-state index contributed by atoms with van der Waals surface area (Å²) in [6, 6.07) is 14.3. The van der Waals surface area contributed by atoms with Gasteiger partial charge in [0.1, 0.15) is 24.4 Å². The van der Waals surface area contributed by atoms with E-state index in [0.717, 1.165) is 0 Å². The molecular weight excluding hydrogens is 407 g/mol. The van der Waals surface area contributed by atoms with Crippen LogP contribution in [0.25, 0.3) is 0 Å². The van der Waals surface area contributed by atoms with E-state index in [4.69, 9.17) is 42.1 Å². The Morgan fingerprint density at radius 1 is 0.893 bits per heavy atom. The predicted octanol–water partition coefficient (Wildman–Crippen LogP) is 3.24. The van der Waals surface area contributed by atoms with Crippen molar-refractivity contribution in [2.45, 2.75) is 37.0 Å². The summed E-state index contributed by atoms with van der Waals surface area (Å²) in [5.74, 6) is 0. The lowest BCUT2D eigenvalue weighted by molar-refractivity contribution is -0.216. The van der Waals surface area contributed by atoms with Gasteiger partial charge in [0.05, 0.1) is 13.2 Å². The monoisotopic (exact) mass is 426 g/mol. The predicted molar refractivity (Wildman–Crippen MR) is 102 cm³/mol. The minimum atomic E-state index is -1.19. The lowest BCUT2D eigenvalue weighted by Crippen LogP contribution is -2.45. The van der Waals surface area contributed by atoms with E-state index in [0.29, 0.717) is 21.2 Å². The number of ether oxygens (including phenoxy) is 4. The molecule has 6 atom stereocenters. The molecule has 2 saturated heterocycles. The molecule has 2 aliphatic rings. The van der Waals surface area contributed by atoms with Crippen LogP contribution in [0.4, 0.5) is 0 Å². The molecule has 0 aromatic heterocycles. The van der Waals surface area contributed by atoms with Crippen LogP contribution in [0.2, 0.25) is 10.0 Å². The van der Waals surface area contributed by atoms with Crippen LogP contribution in [0, 0.1) is 0 Å². The third kappa shape index (κ3) is 3.92. The van der Waals surface area contributed by atoms with Crippen molar-refractivity contribution in [2.24, 2.45) is 0 Å². The molecule has 150 valence electrons. The summed E-state index contributed by atoms with van der Waals surface area (Å²) in [5.41, 5.74) is 1.30. The lowest BCUT2D eigenvalue weighted by Gasteiger charge is -2.28. The molecule has 0 saturated carbocycles. The molecule has 2 unspecified atom stereocenters. The van der Waals surface area contributed by atoms with Gasteiger partial charge >= 0.3 is 0 Å². The third-order valence-electron chi connectivity index (χ3n) is 4.85. The smallest absolute Gasteiger partial charge is 0.186 e. The Labute approximate surface area is 172 Å². The summed E-state index contributed by atoms with van der Waals surface area (Å²) in [6.45, 7) is -0.334. The lowest BCUT2D eigenvalue weighted by atomic mass is 10.0. The Morgan fingerprint density at radius 3 is 2.11 bits per heavy atom. The molecule has 2 aliphatic heterocycles. The number of fused-ring (bicyclic) bond motifs is 1. The SMILES string of the molecule is OC[C@@H](O)[C@H]1OC(c2ccccc2Cl)OC[C@@H]2OC(c3ccccc3Cl)O[C@@H]12. The van der Waals surface area contributed by atoms with Gasteiger partial charge in [-0.15, -0.1) is 0 Å². The average molecular weight is 427 g/mol. The summed E-state index contributed by atoms with van der Waals surface area (Å²) in [7, 11) is 0. The van der Waals surface area contributed by atoms with E-state index < -0.39 is 43.6 Å². The minimum absolute atomic E-state index is 0.163. The van der Waals surface area contributed by atoms with Crippen LogP contribution in [-0.2, 0) is 18.9 Å². The van der Waals surface area contributed by atoms with Gasteiger partial charge in [0.25, 0.3) is 0 Å². The Balaban J connectivity index is 1.60. The zero-order valence-electron chi connectivity index (χ0n) is 14.8. The van der Waals surface area contributed by atoms with E-state index >= 15 is 0 Å². The number of benzene rings is 2. The van der Waals surface area contributed by atoms with Gasteiger partial charge in [-0.25, -0.2) is 0 Å². The summed E-state index contributed by atoms with van der Waals surface area (Å²) in [5, 5.41) is 20.9. The first-order valence-electron chi connectivity index (χ1n) is 8.94. The Hall–Kier alpha value is -1.22. The van der Waals surface area contributed by atoms with Crippen molar-refractivity contribution < 1.29 is 29.2 Å². The Morgan fingerprint density at radius 2 is 1.50 bits per heavy atom. The highest BCUT2D eigenvalue weighted by Crippen LogP contribution is 2.41. The van der Waals surface area contributed by atoms with Gasteiger partial charge in [-0.05, 0) is 12.1 Å². The quantitative estimate of drug-likeness (QED) is 0.781. The molecule has 2 fully saturated rings. The van der Waals surface area contributed by atoms with Gasteiger partial charge in [-0.1, -0.05) is 59.6 Å². The summed E-state index contributed by atoms with van der Waals surface area (Å²) >= 11 is 12.5. The molecule has 2 heterocycles. The van der Waals surface area contributed by atoms with Crippen molar-refractivity contribution in [1.29, 1.82) is 0 Å². The first-order chi connectivity index (χ1) is 13.6. The van der Waals surface area contributed by atoms with E-state index in [2.05, 4.69) is 0 Å². The topological polar surface area (TPSA) is 77.4 Å². The molecule has 28 heavy (non-hydrogen) atoms. The van der Waals surface area contributed by atoms with Crippen molar-refractivity contribution in [3.63, 3.8) is 0 Å². The number of hydrogen-bond donors (Lipinski definition) is 2. The maximum Gasteiger partial charge on any atom is 0.186 e. The maximum absolute atomic E-state index is 10.4. The van der Waals surface area contributed by atoms with Gasteiger partial charge in [0, 0.05) is 21.2 Å². The molecule has 4 rings (SSSR count). The molecule has 6 nitrogen and oxygen atoms in total. The van der Waals surface area contributed by atoms with Crippen LogP contribution in [-0.4, -0.2) is 47.8 Å². The second-order valence-electron chi connectivity index (χ2n) is 6.67. The van der Waals surface area contributed by atoms with Crippen LogP contribution >= 0.6 is 23.2 Å². The third-order valence-corrected chi connectivity index (χ3v) is 5.53. The Kier molecular flexibility index (Phi) is 6.20. The van der Waals surface area contributed by atoms with Crippen molar-refractivity contribution in [2.75, 3.05) is 13.2 Å². The standard InChI is InChI=1S/C20H20Cl2O6/c21-13-7-3-1-5-11(13)19-25-10-16-18(17(27-19)15(24)9-23)28-20(26-16)12-6-2-4-8-14(12)22/h1-8,15-20,23-24H,9-10H2/t15-,16+,17-,18-,19?,20?/m1/s1. The number of halogens is 2. The van der Waals surface area contributed by atoms with Crippen LogP contribution in [0.15, 0.2) is 48.5 Å². The summed E-state index contributed by atoms with van der Waals surface area (Å²) in [4.78, 5) is 0. The molecule has 0 spiro atoms. The zero-order chi connectivity index (χ0) is 19.7. The van der Waals surface area contributed by atoms with Crippen LogP contribution in [0.3, 0.4) is 0 Å². The van der Waals surface area contributed by atoms with Crippen molar-refractivity contribution in [1.82, 2.24) is 0 Å². The minimum Gasteiger partial charge on any atom is -0.394 e. The average Bonchev–Trinajstić information content (AvgIpc) is 3.04. The van der Waals surface area contributed by atoms with E-state index in [1.165, 1.54) is 0 Å². The molecule has 2 N–H and O–H groups in total. The highest BCUT2D eigenvalue weighted by molar-refractivity contribution is 6.31. The fraction of sp³-hybridized carbons (Fsp3) is 0.400. The van der Waals surface area contributed by atoms with Gasteiger partial charge in [-0.2, -0.15) is 0 Å². The van der Waals surface area contributed by atoms with E-state index in [9.17, 15) is 10.2 Å². The second kappa shape index (κ2) is 8.65. The first-order valence-corrected chi connectivity index (χ1v) is 9.70. The largest absolute Gasteiger partial charge is 0.394 e. The van der Waals surface area contributed by atoms with E-state index in [1.807, 2.05) is 24.3 Å². The fourth-order valence-electron chi connectivity index (χ4n) is 3.42. The molecule has 2 aromatic rings. The summed E-state index contributed by atoms with van der Waals surface area (Å²) < 4.78 is 24.0. The van der Waals surface area contributed by atoms with Gasteiger partial charge < -0.3 is 29.2 Å². The highest BCUT2D eigenvalue weighted by atomic mass is 35.5. The molecule has 0 amide bonds. The number of aliphatic hydroxyl groups excluding tert-OH is 2. The Bertz CT molecular complexity index is 819. The molecule has 2 aromatic carbocycles.